The van der Waals surface area contributed by atoms with Crippen LogP contribution in [0.1, 0.15) is 9.67 Å². The van der Waals surface area contributed by atoms with Crippen LogP contribution < -0.4 is 4.72 Å². The molecule has 5 nitrogen and oxygen atoms in total. The lowest BCUT2D eigenvalue weighted by molar-refractivity contribution is 0.0749. The van der Waals surface area contributed by atoms with Crippen LogP contribution in [0.4, 0.5) is 0 Å². The lowest BCUT2D eigenvalue weighted by Gasteiger charge is -2.00. The van der Waals surface area contributed by atoms with Gasteiger partial charge in [-0.25, -0.2) is 4.79 Å². The average Bonchev–Trinajstić information content (AvgIpc) is 2.55. The Morgan fingerprint density at radius 2 is 2.31 bits per heavy atom. The molecule has 72 valence electrons. The van der Waals surface area contributed by atoms with Gasteiger partial charge in [0.25, 0.3) is 0 Å². The zero-order valence-corrected chi connectivity index (χ0v) is 8.31. The van der Waals surface area contributed by atoms with Crippen LogP contribution in [0.15, 0.2) is 17.5 Å². The lowest BCUT2D eigenvalue weighted by atomic mass is 10.5. The second-order valence-corrected chi connectivity index (χ2v) is 4.44. The first-order valence-corrected chi connectivity index (χ1v) is 5.55. The maximum absolute atomic E-state index is 11.0. The van der Waals surface area contributed by atoms with Gasteiger partial charge in [-0.05, 0) is 11.4 Å². The third-order valence-electron chi connectivity index (χ3n) is 1.16. The van der Waals surface area contributed by atoms with Gasteiger partial charge in [0.2, 0.25) is 0 Å². The molecule has 1 rings (SSSR count). The zero-order valence-electron chi connectivity index (χ0n) is 6.68. The molecule has 1 aromatic heterocycles. The van der Waals surface area contributed by atoms with Crippen LogP contribution >= 0.6 is 11.3 Å². The van der Waals surface area contributed by atoms with Gasteiger partial charge in [-0.15, -0.1) is 11.3 Å². The zero-order chi connectivity index (χ0) is 9.90. The SMILES string of the molecule is CNS(=O)(=O)OC(=O)c1cccs1. The first-order chi connectivity index (χ1) is 6.05. The van der Waals surface area contributed by atoms with Crippen molar-refractivity contribution in [2.75, 3.05) is 7.05 Å². The van der Waals surface area contributed by atoms with E-state index in [1.165, 1.54) is 6.07 Å². The molecule has 0 radical (unpaired) electrons. The number of carbonyl (C=O) groups excluding carboxylic acids is 1. The monoisotopic (exact) mass is 221 g/mol. The van der Waals surface area contributed by atoms with Crippen LogP contribution in [0.25, 0.3) is 0 Å². The van der Waals surface area contributed by atoms with E-state index in [0.29, 0.717) is 0 Å². The highest BCUT2D eigenvalue weighted by atomic mass is 32.2. The minimum atomic E-state index is -3.94. The summed E-state index contributed by atoms with van der Waals surface area (Å²) < 4.78 is 27.5. The topological polar surface area (TPSA) is 72.5 Å². The van der Waals surface area contributed by atoms with E-state index in [-0.39, 0.29) is 4.88 Å². The van der Waals surface area contributed by atoms with E-state index in [4.69, 9.17) is 0 Å². The summed E-state index contributed by atoms with van der Waals surface area (Å²) >= 11 is 1.12. The van der Waals surface area contributed by atoms with Gasteiger partial charge in [-0.2, -0.15) is 13.1 Å². The molecular weight excluding hydrogens is 214 g/mol. The Morgan fingerprint density at radius 3 is 2.77 bits per heavy atom. The Balaban J connectivity index is 2.73. The molecule has 0 aliphatic heterocycles. The molecule has 1 N–H and O–H groups in total. The number of nitrogens with one attached hydrogen (secondary N) is 1. The summed E-state index contributed by atoms with van der Waals surface area (Å²) in [5, 5.41) is 1.66. The van der Waals surface area contributed by atoms with Crippen molar-refractivity contribution in [2.24, 2.45) is 0 Å². The predicted octanol–water partition coefficient (Wildman–Crippen LogP) is 0.369. The van der Waals surface area contributed by atoms with Crippen LogP contribution in [0.3, 0.4) is 0 Å². The molecule has 0 saturated heterocycles. The molecule has 0 saturated carbocycles. The Morgan fingerprint density at radius 1 is 1.62 bits per heavy atom. The Hall–Kier alpha value is -0.920. The predicted molar refractivity (Wildman–Crippen MR) is 47.7 cm³/mol. The Bertz CT molecular complexity index is 381. The Kier molecular flexibility index (Phi) is 3.02. The highest BCUT2D eigenvalue weighted by molar-refractivity contribution is 7.85. The molecule has 0 spiro atoms. The van der Waals surface area contributed by atoms with Gasteiger partial charge < -0.3 is 4.18 Å². The van der Waals surface area contributed by atoms with Crippen molar-refractivity contribution >= 4 is 27.6 Å². The summed E-state index contributed by atoms with van der Waals surface area (Å²) in [5.41, 5.74) is 0. The van der Waals surface area contributed by atoms with Crippen molar-refractivity contribution in [1.82, 2.24) is 4.72 Å². The second kappa shape index (κ2) is 3.86. The van der Waals surface area contributed by atoms with Crippen molar-refractivity contribution < 1.29 is 17.4 Å². The minimum Gasteiger partial charge on any atom is -0.329 e. The van der Waals surface area contributed by atoms with E-state index in [2.05, 4.69) is 4.18 Å². The molecule has 13 heavy (non-hydrogen) atoms. The summed E-state index contributed by atoms with van der Waals surface area (Å²) in [7, 11) is -2.77. The van der Waals surface area contributed by atoms with Crippen LogP contribution in [0, 0.1) is 0 Å². The summed E-state index contributed by atoms with van der Waals surface area (Å²) in [4.78, 5) is 11.3. The molecule has 0 fully saturated rings. The quantitative estimate of drug-likeness (QED) is 0.800. The average molecular weight is 221 g/mol. The maximum atomic E-state index is 11.0. The lowest BCUT2D eigenvalue weighted by Crippen LogP contribution is -2.24. The minimum absolute atomic E-state index is 0.249. The van der Waals surface area contributed by atoms with Gasteiger partial charge in [0, 0.05) is 7.05 Å². The van der Waals surface area contributed by atoms with Crippen molar-refractivity contribution in [3.8, 4) is 0 Å². The van der Waals surface area contributed by atoms with Crippen LogP contribution in [-0.2, 0) is 14.5 Å². The molecule has 1 aromatic rings. The largest absolute Gasteiger partial charge is 0.385 e. The highest BCUT2D eigenvalue weighted by Crippen LogP contribution is 2.10. The van der Waals surface area contributed by atoms with E-state index in [1.54, 1.807) is 11.4 Å². The van der Waals surface area contributed by atoms with Gasteiger partial charge in [0.1, 0.15) is 4.88 Å². The first-order valence-electron chi connectivity index (χ1n) is 3.26. The number of thiophene rings is 1. The van der Waals surface area contributed by atoms with Crippen molar-refractivity contribution in [3.05, 3.63) is 22.4 Å². The summed E-state index contributed by atoms with van der Waals surface area (Å²) in [6.45, 7) is 0. The highest BCUT2D eigenvalue weighted by Gasteiger charge is 2.16. The van der Waals surface area contributed by atoms with Gasteiger partial charge in [0.15, 0.2) is 0 Å². The Labute approximate surface area is 79.6 Å². The van der Waals surface area contributed by atoms with Crippen LogP contribution in [0.2, 0.25) is 0 Å². The molecule has 1 heterocycles. The molecule has 7 heteroatoms. The standard InChI is InChI=1S/C6H7NO4S2/c1-7-13(9,10)11-6(8)5-3-2-4-12-5/h2-4,7H,1H3. The van der Waals surface area contributed by atoms with Crippen molar-refractivity contribution in [2.45, 2.75) is 0 Å². The molecule has 0 atom stereocenters. The van der Waals surface area contributed by atoms with Crippen molar-refractivity contribution in [1.29, 1.82) is 0 Å². The fourth-order valence-corrected chi connectivity index (χ4v) is 1.60. The smallest absolute Gasteiger partial charge is 0.329 e. The van der Waals surface area contributed by atoms with Gasteiger partial charge in [0.05, 0.1) is 0 Å². The van der Waals surface area contributed by atoms with E-state index < -0.39 is 16.3 Å². The summed E-state index contributed by atoms with van der Waals surface area (Å²) in [6.07, 6.45) is 0. The fraction of sp³-hybridized carbons (Fsp3) is 0.167. The fourth-order valence-electron chi connectivity index (χ4n) is 0.577. The number of hydrogen-bond donors (Lipinski definition) is 1. The number of rotatable bonds is 3. The number of carbonyl (C=O) groups is 1. The maximum Gasteiger partial charge on any atom is 0.385 e. The van der Waals surface area contributed by atoms with Crippen LogP contribution in [0.5, 0.6) is 0 Å². The molecule has 0 bridgehead atoms. The molecule has 0 unspecified atom stereocenters. The first kappa shape index (κ1) is 10.2. The second-order valence-electron chi connectivity index (χ2n) is 2.01. The van der Waals surface area contributed by atoms with Gasteiger partial charge >= 0.3 is 16.3 Å². The van der Waals surface area contributed by atoms with E-state index in [1.807, 2.05) is 4.72 Å². The molecule has 0 aliphatic carbocycles. The molecular formula is C6H7NO4S2. The van der Waals surface area contributed by atoms with E-state index in [9.17, 15) is 13.2 Å². The van der Waals surface area contributed by atoms with E-state index in [0.717, 1.165) is 18.4 Å². The molecule has 0 aliphatic rings. The normalized spacial score (nSPS) is 11.2. The molecule has 0 amide bonds. The molecule has 0 aromatic carbocycles. The summed E-state index contributed by atoms with van der Waals surface area (Å²) in [6, 6.07) is 3.12. The van der Waals surface area contributed by atoms with Gasteiger partial charge in [-0.1, -0.05) is 6.07 Å². The summed E-state index contributed by atoms with van der Waals surface area (Å²) in [5.74, 6) is -0.871. The van der Waals surface area contributed by atoms with Crippen molar-refractivity contribution in [3.63, 3.8) is 0 Å². The van der Waals surface area contributed by atoms with Crippen LogP contribution in [-0.4, -0.2) is 21.4 Å². The van der Waals surface area contributed by atoms with Gasteiger partial charge in [-0.3, -0.25) is 0 Å². The number of hydrogen-bond acceptors (Lipinski definition) is 5. The van der Waals surface area contributed by atoms with E-state index >= 15 is 0 Å². The third-order valence-corrected chi connectivity index (χ3v) is 2.88. The third kappa shape index (κ3) is 2.79.